The Kier molecular flexibility index (Phi) is 3.42. The van der Waals surface area contributed by atoms with Crippen molar-refractivity contribution in [3.63, 3.8) is 0 Å². The molecule has 1 aromatic heterocycles. The Balaban J connectivity index is 2.85. The predicted octanol–water partition coefficient (Wildman–Crippen LogP) is 2.37. The molecule has 0 fully saturated rings. The van der Waals surface area contributed by atoms with Gasteiger partial charge in [0.15, 0.2) is 5.82 Å². The van der Waals surface area contributed by atoms with Crippen molar-refractivity contribution in [1.82, 2.24) is 9.88 Å². The third-order valence-electron chi connectivity index (χ3n) is 1.44. The number of hydrogen-bond acceptors (Lipinski definition) is 2. The Morgan fingerprint density at radius 1 is 1.46 bits per heavy atom. The van der Waals surface area contributed by atoms with Crippen molar-refractivity contribution in [1.29, 1.82) is 0 Å². The van der Waals surface area contributed by atoms with Crippen molar-refractivity contribution in [2.24, 2.45) is 4.99 Å². The lowest BCUT2D eigenvalue weighted by molar-refractivity contribution is 0.643. The number of aryl methyl sites for hydroxylation is 1. The van der Waals surface area contributed by atoms with Gasteiger partial charge in [-0.1, -0.05) is 6.07 Å². The Morgan fingerprint density at radius 2 is 2.15 bits per heavy atom. The SMILES string of the molecule is Cc1ccc(/N=C/N(C)C)nc1Br. The van der Waals surface area contributed by atoms with Crippen LogP contribution in [0.3, 0.4) is 0 Å². The molecule has 0 amide bonds. The zero-order chi connectivity index (χ0) is 9.84. The molecule has 0 aliphatic carbocycles. The van der Waals surface area contributed by atoms with Crippen LogP contribution < -0.4 is 0 Å². The summed E-state index contributed by atoms with van der Waals surface area (Å²) in [6, 6.07) is 3.87. The first-order valence-corrected chi connectivity index (χ1v) is 4.72. The van der Waals surface area contributed by atoms with Crippen molar-refractivity contribution in [3.05, 3.63) is 22.3 Å². The molecule has 0 N–H and O–H groups in total. The summed E-state index contributed by atoms with van der Waals surface area (Å²) in [5.41, 5.74) is 1.11. The molecule has 0 atom stereocenters. The van der Waals surface area contributed by atoms with E-state index in [0.717, 1.165) is 10.2 Å². The second kappa shape index (κ2) is 4.37. The summed E-state index contributed by atoms with van der Waals surface area (Å²) in [5, 5.41) is 0. The van der Waals surface area contributed by atoms with Crippen molar-refractivity contribution >= 4 is 28.1 Å². The van der Waals surface area contributed by atoms with Gasteiger partial charge in [0, 0.05) is 14.1 Å². The highest BCUT2D eigenvalue weighted by molar-refractivity contribution is 9.10. The van der Waals surface area contributed by atoms with Crippen LogP contribution in [0.1, 0.15) is 5.56 Å². The van der Waals surface area contributed by atoms with Crippen molar-refractivity contribution in [2.45, 2.75) is 6.92 Å². The van der Waals surface area contributed by atoms with E-state index in [0.29, 0.717) is 5.82 Å². The molecular weight excluding hydrogens is 230 g/mol. The fraction of sp³-hybridized carbons (Fsp3) is 0.333. The summed E-state index contributed by atoms with van der Waals surface area (Å²) in [6.45, 7) is 2.00. The average Bonchev–Trinajstić information content (AvgIpc) is 2.07. The van der Waals surface area contributed by atoms with E-state index in [1.807, 2.05) is 38.1 Å². The van der Waals surface area contributed by atoms with Crippen molar-refractivity contribution in [3.8, 4) is 0 Å². The van der Waals surface area contributed by atoms with Crippen molar-refractivity contribution < 1.29 is 0 Å². The maximum Gasteiger partial charge on any atom is 0.154 e. The van der Waals surface area contributed by atoms with Crippen LogP contribution in [0.25, 0.3) is 0 Å². The number of rotatable bonds is 2. The van der Waals surface area contributed by atoms with Gasteiger partial charge in [0.05, 0.1) is 6.34 Å². The smallest absolute Gasteiger partial charge is 0.154 e. The van der Waals surface area contributed by atoms with Crippen LogP contribution in [0.4, 0.5) is 5.82 Å². The van der Waals surface area contributed by atoms with E-state index in [4.69, 9.17) is 0 Å². The summed E-state index contributed by atoms with van der Waals surface area (Å²) >= 11 is 3.35. The van der Waals surface area contributed by atoms with E-state index in [-0.39, 0.29) is 0 Å². The Hall–Kier alpha value is -0.900. The summed E-state index contributed by atoms with van der Waals surface area (Å²) in [6.07, 6.45) is 1.73. The third kappa shape index (κ3) is 3.14. The number of aliphatic imine (C=N–C) groups is 1. The van der Waals surface area contributed by atoms with Crippen LogP contribution in [0.15, 0.2) is 21.7 Å². The number of halogens is 1. The van der Waals surface area contributed by atoms with Gasteiger partial charge in [0.1, 0.15) is 4.60 Å². The Bertz CT molecular complexity index is 321. The summed E-state index contributed by atoms with van der Waals surface area (Å²) in [5.74, 6) is 0.714. The van der Waals surface area contributed by atoms with Crippen LogP contribution in [-0.4, -0.2) is 30.3 Å². The van der Waals surface area contributed by atoms with E-state index < -0.39 is 0 Å². The molecule has 0 spiro atoms. The molecule has 13 heavy (non-hydrogen) atoms. The van der Waals surface area contributed by atoms with Crippen LogP contribution in [0.2, 0.25) is 0 Å². The molecule has 0 aliphatic rings. The van der Waals surface area contributed by atoms with Crippen molar-refractivity contribution in [2.75, 3.05) is 14.1 Å². The van der Waals surface area contributed by atoms with E-state index in [9.17, 15) is 0 Å². The lowest BCUT2D eigenvalue weighted by Crippen LogP contribution is -2.07. The first-order valence-electron chi connectivity index (χ1n) is 3.93. The molecule has 4 heteroatoms. The van der Waals surface area contributed by atoms with E-state index in [2.05, 4.69) is 25.9 Å². The molecule has 1 heterocycles. The lowest BCUT2D eigenvalue weighted by atomic mass is 10.3. The molecule has 1 aromatic rings. The number of aromatic nitrogens is 1. The van der Waals surface area contributed by atoms with Gasteiger partial charge in [-0.15, -0.1) is 0 Å². The highest BCUT2D eigenvalue weighted by atomic mass is 79.9. The van der Waals surface area contributed by atoms with E-state index in [1.165, 1.54) is 0 Å². The van der Waals surface area contributed by atoms with Crippen LogP contribution in [-0.2, 0) is 0 Å². The Morgan fingerprint density at radius 3 is 2.69 bits per heavy atom. The molecule has 0 aromatic carbocycles. The minimum Gasteiger partial charge on any atom is -0.369 e. The molecule has 0 saturated heterocycles. The maximum atomic E-state index is 4.24. The third-order valence-corrected chi connectivity index (χ3v) is 2.24. The Labute approximate surface area is 86.6 Å². The molecule has 0 saturated carbocycles. The number of nitrogens with zero attached hydrogens (tertiary/aromatic N) is 3. The van der Waals surface area contributed by atoms with Gasteiger partial charge in [0.2, 0.25) is 0 Å². The summed E-state index contributed by atoms with van der Waals surface area (Å²) < 4.78 is 0.848. The quantitative estimate of drug-likeness (QED) is 0.452. The molecule has 0 radical (unpaired) electrons. The second-order valence-electron chi connectivity index (χ2n) is 2.99. The monoisotopic (exact) mass is 241 g/mol. The van der Waals surface area contributed by atoms with E-state index >= 15 is 0 Å². The first kappa shape index (κ1) is 10.2. The zero-order valence-corrected chi connectivity index (χ0v) is 9.54. The van der Waals surface area contributed by atoms with Crippen LogP contribution in [0.5, 0.6) is 0 Å². The average molecular weight is 242 g/mol. The maximum absolute atomic E-state index is 4.24. The van der Waals surface area contributed by atoms with Gasteiger partial charge in [-0.3, -0.25) is 0 Å². The zero-order valence-electron chi connectivity index (χ0n) is 7.95. The van der Waals surface area contributed by atoms with Gasteiger partial charge in [0.25, 0.3) is 0 Å². The van der Waals surface area contributed by atoms with Gasteiger partial charge >= 0.3 is 0 Å². The van der Waals surface area contributed by atoms with Crippen LogP contribution in [0, 0.1) is 6.92 Å². The largest absolute Gasteiger partial charge is 0.369 e. The van der Waals surface area contributed by atoms with Gasteiger partial charge in [-0.25, -0.2) is 9.98 Å². The topological polar surface area (TPSA) is 28.5 Å². The highest BCUT2D eigenvalue weighted by Gasteiger charge is 1.96. The second-order valence-corrected chi connectivity index (χ2v) is 3.74. The molecular formula is C9H12BrN3. The predicted molar refractivity (Wildman–Crippen MR) is 58.5 cm³/mol. The molecule has 0 unspecified atom stereocenters. The highest BCUT2D eigenvalue weighted by Crippen LogP contribution is 2.17. The number of pyridine rings is 1. The van der Waals surface area contributed by atoms with Crippen LogP contribution >= 0.6 is 15.9 Å². The standard InChI is InChI=1S/C9H12BrN3/c1-7-4-5-8(12-9(7)10)11-6-13(2)3/h4-6H,1-3H3/b11-6+. The summed E-state index contributed by atoms with van der Waals surface area (Å²) in [4.78, 5) is 10.3. The molecule has 70 valence electrons. The molecule has 0 bridgehead atoms. The van der Waals surface area contributed by atoms with Gasteiger partial charge in [-0.05, 0) is 34.5 Å². The summed E-state index contributed by atoms with van der Waals surface area (Å²) in [7, 11) is 3.85. The lowest BCUT2D eigenvalue weighted by Gasteiger charge is -2.02. The van der Waals surface area contributed by atoms with Gasteiger partial charge in [-0.2, -0.15) is 0 Å². The fourth-order valence-electron chi connectivity index (χ4n) is 0.741. The first-order chi connectivity index (χ1) is 6.09. The minimum absolute atomic E-state index is 0.714. The molecule has 0 aliphatic heterocycles. The molecule has 3 nitrogen and oxygen atoms in total. The minimum atomic E-state index is 0.714. The van der Waals surface area contributed by atoms with E-state index in [1.54, 1.807) is 6.34 Å². The van der Waals surface area contributed by atoms with Gasteiger partial charge < -0.3 is 4.90 Å². The number of hydrogen-bond donors (Lipinski definition) is 0. The normalized spacial score (nSPS) is 10.8. The fourth-order valence-corrected chi connectivity index (χ4v) is 1.05. The molecule has 1 rings (SSSR count).